The zero-order chi connectivity index (χ0) is 13.9. The highest BCUT2D eigenvalue weighted by molar-refractivity contribution is 7.07. The van der Waals surface area contributed by atoms with E-state index >= 15 is 0 Å². The van der Waals surface area contributed by atoms with Crippen LogP contribution < -0.4 is 5.32 Å². The van der Waals surface area contributed by atoms with Crippen LogP contribution in [0.2, 0.25) is 0 Å². The first kappa shape index (κ1) is 13.9. The van der Waals surface area contributed by atoms with Crippen LogP contribution >= 0.6 is 11.3 Å². The Bertz CT molecular complexity index is 454. The van der Waals surface area contributed by atoms with Crippen molar-refractivity contribution < 1.29 is 4.74 Å². The lowest BCUT2D eigenvalue weighted by Crippen LogP contribution is -2.52. The molecule has 1 aromatic rings. The average Bonchev–Trinajstić information content (AvgIpc) is 3.07. The van der Waals surface area contributed by atoms with Gasteiger partial charge in [0.15, 0.2) is 5.96 Å². The number of likely N-dealkylation sites (tertiary alicyclic amines) is 1. The van der Waals surface area contributed by atoms with E-state index in [4.69, 9.17) is 4.74 Å². The topological polar surface area (TPSA) is 36.9 Å². The summed E-state index contributed by atoms with van der Waals surface area (Å²) in [7, 11) is 3.68. The van der Waals surface area contributed by atoms with E-state index in [2.05, 4.69) is 32.0 Å². The van der Waals surface area contributed by atoms with Gasteiger partial charge in [0, 0.05) is 26.7 Å². The highest BCUT2D eigenvalue weighted by Crippen LogP contribution is 2.33. The van der Waals surface area contributed by atoms with E-state index in [1.54, 1.807) is 18.4 Å². The van der Waals surface area contributed by atoms with Crippen LogP contribution in [0, 0.1) is 0 Å². The number of rotatable bonds is 3. The third kappa shape index (κ3) is 2.69. The fraction of sp³-hybridized carbons (Fsp3) is 0.667. The minimum atomic E-state index is 0.428. The van der Waals surface area contributed by atoms with Gasteiger partial charge in [-0.05, 0) is 48.1 Å². The number of guanidine groups is 1. The third-order valence-electron chi connectivity index (χ3n) is 4.43. The molecule has 0 radical (unpaired) electrons. The molecule has 0 amide bonds. The van der Waals surface area contributed by atoms with E-state index in [1.807, 2.05) is 7.05 Å². The summed E-state index contributed by atoms with van der Waals surface area (Å²) in [5.74, 6) is 1.05. The second-order valence-corrected chi connectivity index (χ2v) is 6.41. The summed E-state index contributed by atoms with van der Waals surface area (Å²) in [6.07, 6.45) is 5.07. The maximum absolute atomic E-state index is 5.34. The Morgan fingerprint density at radius 2 is 2.35 bits per heavy atom. The fourth-order valence-corrected chi connectivity index (χ4v) is 3.87. The highest BCUT2D eigenvalue weighted by Gasteiger charge is 2.33. The van der Waals surface area contributed by atoms with Gasteiger partial charge in [0.1, 0.15) is 0 Å². The fourth-order valence-electron chi connectivity index (χ4n) is 3.17. The maximum Gasteiger partial charge on any atom is 0.194 e. The Labute approximate surface area is 124 Å². The molecular weight excluding hydrogens is 270 g/mol. The summed E-state index contributed by atoms with van der Waals surface area (Å²) >= 11 is 1.78. The Morgan fingerprint density at radius 1 is 1.50 bits per heavy atom. The van der Waals surface area contributed by atoms with Gasteiger partial charge < -0.3 is 15.0 Å². The number of nitrogens with one attached hydrogen (secondary N) is 1. The number of ether oxygens (including phenoxy) is 1. The summed E-state index contributed by atoms with van der Waals surface area (Å²) in [5, 5.41) is 8.03. The normalized spacial score (nSPS) is 30.4. The molecule has 0 aromatic carbocycles. The second kappa shape index (κ2) is 6.14. The molecule has 20 heavy (non-hydrogen) atoms. The third-order valence-corrected chi connectivity index (χ3v) is 5.13. The summed E-state index contributed by atoms with van der Waals surface area (Å²) in [5.41, 5.74) is 1.43. The van der Waals surface area contributed by atoms with Crippen molar-refractivity contribution in [3.63, 3.8) is 0 Å². The molecule has 3 rings (SSSR count). The molecule has 1 aliphatic heterocycles. The predicted octanol–water partition coefficient (Wildman–Crippen LogP) is 2.64. The van der Waals surface area contributed by atoms with Crippen LogP contribution in [0.15, 0.2) is 21.8 Å². The highest BCUT2D eigenvalue weighted by atomic mass is 32.1. The minimum absolute atomic E-state index is 0.428. The smallest absolute Gasteiger partial charge is 0.194 e. The summed E-state index contributed by atoms with van der Waals surface area (Å²) < 4.78 is 5.34. The van der Waals surface area contributed by atoms with Crippen molar-refractivity contribution in [1.82, 2.24) is 10.2 Å². The molecule has 110 valence electrons. The lowest BCUT2D eigenvalue weighted by molar-refractivity contribution is 0.0216. The van der Waals surface area contributed by atoms with Crippen molar-refractivity contribution in [1.29, 1.82) is 0 Å². The monoisotopic (exact) mass is 293 g/mol. The van der Waals surface area contributed by atoms with Gasteiger partial charge in [0.25, 0.3) is 0 Å². The first-order valence-electron chi connectivity index (χ1n) is 7.36. The largest absolute Gasteiger partial charge is 0.381 e. The van der Waals surface area contributed by atoms with E-state index in [0.29, 0.717) is 18.2 Å². The Kier molecular flexibility index (Phi) is 4.27. The van der Waals surface area contributed by atoms with Crippen molar-refractivity contribution in [2.24, 2.45) is 4.99 Å². The zero-order valence-electron chi connectivity index (χ0n) is 12.2. The Morgan fingerprint density at radius 3 is 3.00 bits per heavy atom. The summed E-state index contributed by atoms with van der Waals surface area (Å²) in [6, 6.07) is 3.25. The second-order valence-electron chi connectivity index (χ2n) is 5.63. The van der Waals surface area contributed by atoms with Gasteiger partial charge >= 0.3 is 0 Å². The minimum Gasteiger partial charge on any atom is -0.381 e. The maximum atomic E-state index is 5.34. The summed E-state index contributed by atoms with van der Waals surface area (Å²) in [6.45, 7) is 1.10. The summed E-state index contributed by atoms with van der Waals surface area (Å²) in [4.78, 5) is 6.93. The molecule has 4 nitrogen and oxygen atoms in total. The Balaban J connectivity index is 1.64. The molecule has 1 atom stereocenters. The van der Waals surface area contributed by atoms with Gasteiger partial charge in [-0.25, -0.2) is 0 Å². The average molecular weight is 293 g/mol. The van der Waals surface area contributed by atoms with Gasteiger partial charge in [-0.3, -0.25) is 4.99 Å². The lowest BCUT2D eigenvalue weighted by Gasteiger charge is -2.38. The SMILES string of the molecule is CN=C(NC1CC(OC)C1)N1CCCC1c1ccsc1. The standard InChI is InChI=1S/C15H23N3OS/c1-16-15(17-12-8-13(9-12)19-2)18-6-3-4-14(18)11-5-7-20-10-11/h5,7,10,12-14H,3-4,6,8-9H2,1-2H3,(H,16,17). The Hall–Kier alpha value is -1.07. The van der Waals surface area contributed by atoms with Crippen LogP contribution in [0.5, 0.6) is 0 Å². The van der Waals surface area contributed by atoms with Gasteiger partial charge in [-0.2, -0.15) is 11.3 Å². The van der Waals surface area contributed by atoms with Crippen LogP contribution in [-0.4, -0.2) is 43.7 Å². The zero-order valence-corrected chi connectivity index (χ0v) is 13.0. The molecule has 2 aliphatic rings. The molecule has 2 fully saturated rings. The number of methoxy groups -OCH3 is 1. The number of thiophene rings is 1. The molecule has 1 aliphatic carbocycles. The molecule has 5 heteroatoms. The van der Waals surface area contributed by atoms with Crippen LogP contribution in [-0.2, 0) is 4.74 Å². The van der Waals surface area contributed by atoms with E-state index in [0.717, 1.165) is 25.3 Å². The van der Waals surface area contributed by atoms with Crippen molar-refractivity contribution in [3.05, 3.63) is 22.4 Å². The van der Waals surface area contributed by atoms with Gasteiger partial charge in [-0.1, -0.05) is 0 Å². The van der Waals surface area contributed by atoms with Crippen molar-refractivity contribution in [2.75, 3.05) is 20.7 Å². The molecule has 1 aromatic heterocycles. The van der Waals surface area contributed by atoms with Crippen LogP contribution in [0.1, 0.15) is 37.3 Å². The quantitative estimate of drug-likeness (QED) is 0.687. The first-order valence-corrected chi connectivity index (χ1v) is 8.31. The van der Waals surface area contributed by atoms with Crippen LogP contribution in [0.4, 0.5) is 0 Å². The molecule has 1 saturated heterocycles. The van der Waals surface area contributed by atoms with E-state index < -0.39 is 0 Å². The molecular formula is C15H23N3OS. The van der Waals surface area contributed by atoms with Crippen molar-refractivity contribution >= 4 is 17.3 Å². The van der Waals surface area contributed by atoms with E-state index in [1.165, 1.54) is 18.4 Å². The lowest BCUT2D eigenvalue weighted by atomic mass is 9.89. The molecule has 1 N–H and O–H groups in total. The number of hydrogen-bond donors (Lipinski definition) is 1. The molecule has 0 bridgehead atoms. The van der Waals surface area contributed by atoms with E-state index in [9.17, 15) is 0 Å². The number of hydrogen-bond acceptors (Lipinski definition) is 3. The van der Waals surface area contributed by atoms with E-state index in [-0.39, 0.29) is 0 Å². The van der Waals surface area contributed by atoms with Crippen molar-refractivity contribution in [3.8, 4) is 0 Å². The number of aliphatic imine (C=N–C) groups is 1. The van der Waals surface area contributed by atoms with Crippen molar-refractivity contribution in [2.45, 2.75) is 43.9 Å². The van der Waals surface area contributed by atoms with Gasteiger partial charge in [0.2, 0.25) is 0 Å². The molecule has 2 heterocycles. The van der Waals surface area contributed by atoms with Gasteiger partial charge in [0.05, 0.1) is 12.1 Å². The first-order chi connectivity index (χ1) is 9.81. The van der Waals surface area contributed by atoms with Gasteiger partial charge in [-0.15, -0.1) is 0 Å². The van der Waals surface area contributed by atoms with Crippen LogP contribution in [0.25, 0.3) is 0 Å². The van der Waals surface area contributed by atoms with Crippen LogP contribution in [0.3, 0.4) is 0 Å². The molecule has 1 saturated carbocycles. The number of nitrogens with zero attached hydrogens (tertiary/aromatic N) is 2. The predicted molar refractivity (Wildman–Crippen MR) is 83.3 cm³/mol. The molecule has 1 unspecified atom stereocenters. The molecule has 0 spiro atoms.